The third-order valence-corrected chi connectivity index (χ3v) is 3.84. The fourth-order valence-corrected chi connectivity index (χ4v) is 2.69. The Bertz CT molecular complexity index is 236. The molecule has 18 heavy (non-hydrogen) atoms. The van der Waals surface area contributed by atoms with E-state index in [0.717, 1.165) is 31.0 Å². The lowest BCUT2D eigenvalue weighted by Crippen LogP contribution is -2.52. The Morgan fingerprint density at radius 3 is 2.50 bits per heavy atom. The van der Waals surface area contributed by atoms with Crippen molar-refractivity contribution in [3.05, 3.63) is 0 Å². The predicted octanol–water partition coefficient (Wildman–Crippen LogP) is 2.38. The smallest absolute Gasteiger partial charge is 0.323 e. The van der Waals surface area contributed by atoms with E-state index in [1.165, 1.54) is 0 Å². The molecule has 1 unspecified atom stereocenters. The molecule has 0 aliphatic heterocycles. The zero-order valence-electron chi connectivity index (χ0n) is 12.0. The fourth-order valence-electron chi connectivity index (χ4n) is 1.81. The lowest BCUT2D eigenvalue weighted by molar-refractivity contribution is -0.144. The third kappa shape index (κ3) is 7.95. The quantitative estimate of drug-likeness (QED) is 0.568. The van der Waals surface area contributed by atoms with Crippen LogP contribution in [-0.4, -0.2) is 47.9 Å². The van der Waals surface area contributed by atoms with E-state index in [4.69, 9.17) is 4.74 Å². The van der Waals surface area contributed by atoms with Crippen LogP contribution in [0.5, 0.6) is 0 Å². The molecule has 0 heterocycles. The van der Waals surface area contributed by atoms with Gasteiger partial charge in [0.2, 0.25) is 0 Å². The summed E-state index contributed by atoms with van der Waals surface area (Å²) in [4.78, 5) is 11.3. The van der Waals surface area contributed by atoms with Crippen molar-refractivity contribution >= 4 is 17.7 Å². The van der Waals surface area contributed by atoms with E-state index in [1.54, 1.807) is 14.0 Å². The monoisotopic (exact) mass is 277 g/mol. The van der Waals surface area contributed by atoms with Crippen LogP contribution in [0.15, 0.2) is 0 Å². The molecule has 0 fully saturated rings. The summed E-state index contributed by atoms with van der Waals surface area (Å²) in [5.74, 6) is 1.32. The topological polar surface area (TPSA) is 58.6 Å². The summed E-state index contributed by atoms with van der Waals surface area (Å²) >= 11 is 1.86. The van der Waals surface area contributed by atoms with Crippen LogP contribution in [-0.2, 0) is 9.53 Å². The van der Waals surface area contributed by atoms with Gasteiger partial charge in [-0.05, 0) is 51.5 Å². The van der Waals surface area contributed by atoms with Gasteiger partial charge >= 0.3 is 5.97 Å². The lowest BCUT2D eigenvalue weighted by atomic mass is 9.95. The molecule has 0 aromatic heterocycles. The zero-order chi connectivity index (χ0) is 14.0. The number of aliphatic carboxylic acids is 1. The van der Waals surface area contributed by atoms with Gasteiger partial charge in [0.05, 0.1) is 0 Å². The molecule has 108 valence electrons. The van der Waals surface area contributed by atoms with Gasteiger partial charge in [-0.15, -0.1) is 0 Å². The molecule has 0 saturated carbocycles. The van der Waals surface area contributed by atoms with Crippen LogP contribution in [0.3, 0.4) is 0 Å². The second-order valence-electron chi connectivity index (χ2n) is 5.00. The maximum Gasteiger partial charge on any atom is 0.323 e. The molecular formula is C13H27NO3S. The van der Waals surface area contributed by atoms with Gasteiger partial charge in [-0.1, -0.05) is 0 Å². The third-order valence-electron chi connectivity index (χ3n) is 2.68. The second kappa shape index (κ2) is 9.64. The molecule has 0 spiro atoms. The van der Waals surface area contributed by atoms with E-state index in [-0.39, 0.29) is 6.04 Å². The summed E-state index contributed by atoms with van der Waals surface area (Å²) in [7, 11) is 1.71. The standard InChI is InChI=1S/C13H27NO3S/c1-11(2)14-13(3,12(15)16)7-5-9-18-10-6-8-17-4/h11,14H,5-10H2,1-4H3,(H,15,16). The maximum absolute atomic E-state index is 11.3. The lowest BCUT2D eigenvalue weighted by Gasteiger charge is -2.28. The number of methoxy groups -OCH3 is 1. The van der Waals surface area contributed by atoms with E-state index in [2.05, 4.69) is 5.32 Å². The average molecular weight is 277 g/mol. The first-order valence-corrected chi connectivity index (χ1v) is 7.65. The van der Waals surface area contributed by atoms with E-state index in [9.17, 15) is 9.90 Å². The van der Waals surface area contributed by atoms with Crippen molar-refractivity contribution in [3.8, 4) is 0 Å². The van der Waals surface area contributed by atoms with Crippen molar-refractivity contribution in [2.45, 2.75) is 51.6 Å². The summed E-state index contributed by atoms with van der Waals surface area (Å²) in [6, 6.07) is 0.181. The molecule has 0 rings (SSSR count). The minimum absolute atomic E-state index is 0.181. The summed E-state index contributed by atoms with van der Waals surface area (Å²) in [6.07, 6.45) is 2.64. The summed E-state index contributed by atoms with van der Waals surface area (Å²) in [6.45, 7) is 6.51. The molecule has 1 atom stereocenters. The molecule has 2 N–H and O–H groups in total. The van der Waals surface area contributed by atoms with Crippen molar-refractivity contribution in [2.75, 3.05) is 25.2 Å². The van der Waals surface area contributed by atoms with Crippen LogP contribution >= 0.6 is 11.8 Å². The average Bonchev–Trinajstić information content (AvgIpc) is 2.26. The Morgan fingerprint density at radius 2 is 2.00 bits per heavy atom. The minimum Gasteiger partial charge on any atom is -0.480 e. The zero-order valence-corrected chi connectivity index (χ0v) is 12.8. The molecule has 0 bridgehead atoms. The van der Waals surface area contributed by atoms with Gasteiger partial charge in [0.1, 0.15) is 5.54 Å². The number of hydrogen-bond donors (Lipinski definition) is 2. The van der Waals surface area contributed by atoms with Crippen LogP contribution in [0.2, 0.25) is 0 Å². The molecule has 0 radical (unpaired) electrons. The van der Waals surface area contributed by atoms with Gasteiger partial charge in [-0.3, -0.25) is 10.1 Å². The Hall–Kier alpha value is -0.260. The van der Waals surface area contributed by atoms with Crippen molar-refractivity contribution in [3.63, 3.8) is 0 Å². The Labute approximate surface area is 115 Å². The highest BCUT2D eigenvalue weighted by atomic mass is 32.2. The first-order valence-electron chi connectivity index (χ1n) is 6.50. The molecular weight excluding hydrogens is 250 g/mol. The van der Waals surface area contributed by atoms with Crippen LogP contribution in [0.25, 0.3) is 0 Å². The molecule has 5 heteroatoms. The molecule has 0 aliphatic rings. The summed E-state index contributed by atoms with van der Waals surface area (Å²) in [5.41, 5.74) is -0.804. The van der Waals surface area contributed by atoms with Crippen molar-refractivity contribution < 1.29 is 14.6 Å². The fraction of sp³-hybridized carbons (Fsp3) is 0.923. The molecule has 0 aromatic carbocycles. The number of thioether (sulfide) groups is 1. The van der Waals surface area contributed by atoms with Crippen molar-refractivity contribution in [1.29, 1.82) is 0 Å². The van der Waals surface area contributed by atoms with Gasteiger partial charge in [0, 0.05) is 19.8 Å². The first-order chi connectivity index (χ1) is 8.42. The highest BCUT2D eigenvalue weighted by Crippen LogP contribution is 2.16. The first kappa shape index (κ1) is 17.7. The molecule has 0 aliphatic carbocycles. The van der Waals surface area contributed by atoms with E-state index >= 15 is 0 Å². The van der Waals surface area contributed by atoms with Gasteiger partial charge < -0.3 is 9.84 Å². The van der Waals surface area contributed by atoms with Crippen LogP contribution < -0.4 is 5.32 Å². The van der Waals surface area contributed by atoms with E-state index in [0.29, 0.717) is 6.42 Å². The van der Waals surface area contributed by atoms with E-state index < -0.39 is 11.5 Å². The number of carbonyl (C=O) groups is 1. The molecule has 0 saturated heterocycles. The Kier molecular flexibility index (Phi) is 9.50. The maximum atomic E-state index is 11.3. The minimum atomic E-state index is -0.804. The summed E-state index contributed by atoms with van der Waals surface area (Å²) in [5, 5.41) is 12.4. The number of rotatable bonds is 11. The number of ether oxygens (including phenoxy) is 1. The number of carboxylic acids is 1. The van der Waals surface area contributed by atoms with Crippen molar-refractivity contribution in [2.24, 2.45) is 0 Å². The Morgan fingerprint density at radius 1 is 1.39 bits per heavy atom. The number of nitrogens with one attached hydrogen (secondary N) is 1. The van der Waals surface area contributed by atoms with Gasteiger partial charge in [-0.2, -0.15) is 11.8 Å². The molecule has 0 aromatic rings. The van der Waals surface area contributed by atoms with Gasteiger partial charge in [-0.25, -0.2) is 0 Å². The van der Waals surface area contributed by atoms with Gasteiger partial charge in [0.15, 0.2) is 0 Å². The molecule has 4 nitrogen and oxygen atoms in total. The highest BCUT2D eigenvalue weighted by Gasteiger charge is 2.32. The normalized spacial score (nSPS) is 14.7. The van der Waals surface area contributed by atoms with Crippen LogP contribution in [0.1, 0.15) is 40.0 Å². The van der Waals surface area contributed by atoms with Gasteiger partial charge in [0.25, 0.3) is 0 Å². The predicted molar refractivity (Wildman–Crippen MR) is 77.4 cm³/mol. The Balaban J connectivity index is 3.81. The number of hydrogen-bond acceptors (Lipinski definition) is 4. The van der Waals surface area contributed by atoms with E-state index in [1.807, 2.05) is 25.6 Å². The van der Waals surface area contributed by atoms with Crippen molar-refractivity contribution in [1.82, 2.24) is 5.32 Å². The highest BCUT2D eigenvalue weighted by molar-refractivity contribution is 7.99. The second-order valence-corrected chi connectivity index (χ2v) is 6.22. The van der Waals surface area contributed by atoms with Crippen LogP contribution in [0.4, 0.5) is 0 Å². The summed E-state index contributed by atoms with van der Waals surface area (Å²) < 4.78 is 4.98. The number of carboxylic acid groups (broad SMARTS) is 1. The molecule has 0 amide bonds. The SMILES string of the molecule is COCCCSCCCC(C)(NC(C)C)C(=O)O. The van der Waals surface area contributed by atoms with Crippen LogP contribution in [0, 0.1) is 0 Å². The largest absolute Gasteiger partial charge is 0.480 e.